The van der Waals surface area contributed by atoms with Crippen molar-refractivity contribution in [3.63, 3.8) is 0 Å². The van der Waals surface area contributed by atoms with Crippen molar-refractivity contribution in [1.29, 1.82) is 0 Å². The number of aryl methyl sites for hydroxylation is 2. The maximum atomic E-state index is 12.0. The Morgan fingerprint density at radius 3 is 2.75 bits per heavy atom. The van der Waals surface area contributed by atoms with E-state index in [1.165, 1.54) is 0 Å². The highest BCUT2D eigenvalue weighted by atomic mass is 16.1. The van der Waals surface area contributed by atoms with Gasteiger partial charge in [0.15, 0.2) is 0 Å². The number of aromatic nitrogens is 4. The van der Waals surface area contributed by atoms with Crippen LogP contribution in [0.15, 0.2) is 12.4 Å². The van der Waals surface area contributed by atoms with Gasteiger partial charge in [0.05, 0.1) is 23.1 Å². The second-order valence-corrected chi connectivity index (χ2v) is 3.61. The Morgan fingerprint density at radius 2 is 2.25 bits per heavy atom. The Kier molecular flexibility index (Phi) is 2.47. The number of rotatable bonds is 2. The van der Waals surface area contributed by atoms with E-state index in [2.05, 4.69) is 20.6 Å². The van der Waals surface area contributed by atoms with Crippen LogP contribution in [0.3, 0.4) is 0 Å². The number of hydrogen-bond acceptors (Lipinski definition) is 3. The normalized spacial score (nSPS) is 10.4. The standard InChI is InChI=1S/C10H13N5O/c1-6-9(7(2)15(3)14-6)10(16)13-8-4-11-12-5-8/h4-5H,1-3H3,(H,11,12)(H,13,16). The van der Waals surface area contributed by atoms with Crippen molar-refractivity contribution in [3.05, 3.63) is 29.3 Å². The third kappa shape index (κ3) is 1.69. The molecule has 0 bridgehead atoms. The van der Waals surface area contributed by atoms with E-state index < -0.39 is 0 Å². The van der Waals surface area contributed by atoms with Crippen LogP contribution >= 0.6 is 0 Å². The highest BCUT2D eigenvalue weighted by molar-refractivity contribution is 6.05. The van der Waals surface area contributed by atoms with Gasteiger partial charge < -0.3 is 5.32 Å². The molecule has 2 heterocycles. The molecule has 2 N–H and O–H groups in total. The van der Waals surface area contributed by atoms with Gasteiger partial charge in [-0.15, -0.1) is 0 Å². The van der Waals surface area contributed by atoms with Crippen molar-refractivity contribution < 1.29 is 4.79 Å². The predicted molar refractivity (Wildman–Crippen MR) is 59.2 cm³/mol. The summed E-state index contributed by atoms with van der Waals surface area (Å²) in [4.78, 5) is 12.0. The maximum Gasteiger partial charge on any atom is 0.259 e. The number of H-pyrrole nitrogens is 1. The molecule has 0 spiro atoms. The van der Waals surface area contributed by atoms with Crippen LogP contribution in [0.1, 0.15) is 21.7 Å². The first-order chi connectivity index (χ1) is 7.59. The van der Waals surface area contributed by atoms with Crippen molar-refractivity contribution in [2.75, 3.05) is 5.32 Å². The molecule has 0 aliphatic carbocycles. The molecule has 0 aromatic carbocycles. The minimum absolute atomic E-state index is 0.162. The van der Waals surface area contributed by atoms with E-state index in [9.17, 15) is 4.79 Å². The lowest BCUT2D eigenvalue weighted by Crippen LogP contribution is -2.13. The fraction of sp³-hybridized carbons (Fsp3) is 0.300. The van der Waals surface area contributed by atoms with Gasteiger partial charge in [-0.2, -0.15) is 10.2 Å². The summed E-state index contributed by atoms with van der Waals surface area (Å²) in [5.74, 6) is -0.162. The third-order valence-electron chi connectivity index (χ3n) is 2.49. The Morgan fingerprint density at radius 1 is 1.50 bits per heavy atom. The number of aromatic amines is 1. The maximum absolute atomic E-state index is 12.0. The topological polar surface area (TPSA) is 75.6 Å². The summed E-state index contributed by atoms with van der Waals surface area (Å²) in [7, 11) is 1.82. The molecule has 0 fully saturated rings. The average molecular weight is 219 g/mol. The van der Waals surface area contributed by atoms with E-state index >= 15 is 0 Å². The van der Waals surface area contributed by atoms with Gasteiger partial charge in [-0.25, -0.2) is 0 Å². The number of amides is 1. The Bertz CT molecular complexity index is 512. The van der Waals surface area contributed by atoms with Gasteiger partial charge >= 0.3 is 0 Å². The van der Waals surface area contributed by atoms with E-state index in [4.69, 9.17) is 0 Å². The van der Waals surface area contributed by atoms with Crippen LogP contribution in [0.5, 0.6) is 0 Å². The summed E-state index contributed by atoms with van der Waals surface area (Å²) in [6, 6.07) is 0. The fourth-order valence-corrected chi connectivity index (χ4v) is 1.62. The van der Waals surface area contributed by atoms with Crippen molar-refractivity contribution in [2.45, 2.75) is 13.8 Å². The molecule has 0 saturated heterocycles. The van der Waals surface area contributed by atoms with Crippen molar-refractivity contribution in [1.82, 2.24) is 20.0 Å². The lowest BCUT2D eigenvalue weighted by atomic mass is 10.2. The molecule has 2 aromatic heterocycles. The first-order valence-electron chi connectivity index (χ1n) is 4.90. The van der Waals surface area contributed by atoms with Gasteiger partial charge in [-0.05, 0) is 13.8 Å². The second kappa shape index (κ2) is 3.80. The van der Waals surface area contributed by atoms with Crippen LogP contribution in [0.25, 0.3) is 0 Å². The Labute approximate surface area is 92.7 Å². The van der Waals surface area contributed by atoms with Crippen molar-refractivity contribution in [3.8, 4) is 0 Å². The average Bonchev–Trinajstić information content (AvgIpc) is 2.77. The number of hydrogen-bond donors (Lipinski definition) is 2. The van der Waals surface area contributed by atoms with E-state index in [0.717, 1.165) is 11.4 Å². The molecule has 84 valence electrons. The SMILES string of the molecule is Cc1nn(C)c(C)c1C(=O)Nc1cn[nH]c1. The molecule has 0 atom stereocenters. The van der Waals surface area contributed by atoms with Crippen LogP contribution in [0.4, 0.5) is 5.69 Å². The van der Waals surface area contributed by atoms with E-state index in [-0.39, 0.29) is 5.91 Å². The summed E-state index contributed by atoms with van der Waals surface area (Å²) in [6.45, 7) is 3.68. The summed E-state index contributed by atoms with van der Waals surface area (Å²) >= 11 is 0. The molecule has 0 aliphatic rings. The highest BCUT2D eigenvalue weighted by Gasteiger charge is 2.17. The summed E-state index contributed by atoms with van der Waals surface area (Å²) in [5.41, 5.74) is 2.83. The minimum atomic E-state index is -0.162. The second-order valence-electron chi connectivity index (χ2n) is 3.61. The predicted octanol–water partition coefficient (Wildman–Crippen LogP) is 1.01. The Balaban J connectivity index is 2.27. The monoisotopic (exact) mass is 219 g/mol. The molecule has 6 heteroatoms. The third-order valence-corrected chi connectivity index (χ3v) is 2.49. The van der Waals surface area contributed by atoms with E-state index in [0.29, 0.717) is 11.3 Å². The van der Waals surface area contributed by atoms with Crippen LogP contribution in [0, 0.1) is 13.8 Å². The number of carbonyl (C=O) groups excluding carboxylic acids is 1. The number of carbonyl (C=O) groups is 1. The first kappa shape index (κ1) is 10.4. The van der Waals surface area contributed by atoms with Crippen LogP contribution in [-0.2, 0) is 7.05 Å². The van der Waals surface area contributed by atoms with E-state index in [1.54, 1.807) is 17.1 Å². The number of anilines is 1. The molecule has 2 aromatic rings. The molecule has 16 heavy (non-hydrogen) atoms. The van der Waals surface area contributed by atoms with Crippen LogP contribution in [-0.4, -0.2) is 25.9 Å². The van der Waals surface area contributed by atoms with Gasteiger partial charge in [-0.3, -0.25) is 14.6 Å². The Hall–Kier alpha value is -2.11. The van der Waals surface area contributed by atoms with Gasteiger partial charge in [0.2, 0.25) is 0 Å². The zero-order valence-electron chi connectivity index (χ0n) is 9.40. The summed E-state index contributed by atoms with van der Waals surface area (Å²) < 4.78 is 1.69. The molecule has 0 saturated carbocycles. The van der Waals surface area contributed by atoms with E-state index in [1.807, 2.05) is 20.9 Å². The lowest BCUT2D eigenvalue weighted by Gasteiger charge is -2.02. The number of nitrogens with zero attached hydrogens (tertiary/aromatic N) is 3. The summed E-state index contributed by atoms with van der Waals surface area (Å²) in [6.07, 6.45) is 3.18. The molecule has 1 amide bonds. The zero-order valence-corrected chi connectivity index (χ0v) is 9.40. The lowest BCUT2D eigenvalue weighted by molar-refractivity contribution is 0.102. The van der Waals surface area contributed by atoms with Gasteiger partial charge in [0.1, 0.15) is 0 Å². The van der Waals surface area contributed by atoms with Crippen molar-refractivity contribution in [2.24, 2.45) is 7.05 Å². The van der Waals surface area contributed by atoms with Crippen molar-refractivity contribution >= 4 is 11.6 Å². The van der Waals surface area contributed by atoms with Gasteiger partial charge in [-0.1, -0.05) is 0 Å². The largest absolute Gasteiger partial charge is 0.319 e. The minimum Gasteiger partial charge on any atom is -0.319 e. The van der Waals surface area contributed by atoms with Gasteiger partial charge in [0, 0.05) is 18.9 Å². The molecule has 0 aliphatic heterocycles. The molecular weight excluding hydrogens is 206 g/mol. The molecule has 2 rings (SSSR count). The van der Waals surface area contributed by atoms with Gasteiger partial charge in [0.25, 0.3) is 5.91 Å². The first-order valence-corrected chi connectivity index (χ1v) is 4.90. The summed E-state index contributed by atoms with van der Waals surface area (Å²) in [5, 5.41) is 13.3. The van der Waals surface area contributed by atoms with Crippen LogP contribution in [0.2, 0.25) is 0 Å². The quantitative estimate of drug-likeness (QED) is 0.791. The van der Waals surface area contributed by atoms with Crippen LogP contribution < -0.4 is 5.32 Å². The zero-order chi connectivity index (χ0) is 11.7. The molecule has 6 nitrogen and oxygen atoms in total. The number of nitrogens with one attached hydrogen (secondary N) is 2. The fourth-order valence-electron chi connectivity index (χ4n) is 1.62. The highest BCUT2D eigenvalue weighted by Crippen LogP contribution is 2.14. The molecule has 0 radical (unpaired) electrons. The smallest absolute Gasteiger partial charge is 0.259 e. The molecular formula is C10H13N5O. The molecule has 0 unspecified atom stereocenters.